The van der Waals surface area contributed by atoms with Crippen LogP contribution in [0.5, 0.6) is 5.75 Å². The monoisotopic (exact) mass is 218 g/mol. The highest BCUT2D eigenvalue weighted by atomic mass is 16.7. The quantitative estimate of drug-likeness (QED) is 0.665. The average molecular weight is 218 g/mol. The minimum Gasteiger partial charge on any atom is -0.464 e. The molecule has 3 rings (SSSR count). The Hall–Kier alpha value is -1.02. The third-order valence-electron chi connectivity index (χ3n) is 3.56. The Morgan fingerprint density at radius 3 is 2.81 bits per heavy atom. The molecule has 86 valence electrons. The maximum Gasteiger partial charge on any atom is 0.206 e. The van der Waals surface area contributed by atoms with Gasteiger partial charge in [0.1, 0.15) is 5.75 Å². The van der Waals surface area contributed by atoms with Crippen LogP contribution in [0.1, 0.15) is 44.2 Å². The summed E-state index contributed by atoms with van der Waals surface area (Å²) in [4.78, 5) is 0. The molecule has 0 saturated carbocycles. The highest BCUT2D eigenvalue weighted by molar-refractivity contribution is 5.45. The summed E-state index contributed by atoms with van der Waals surface area (Å²) in [7, 11) is 0. The van der Waals surface area contributed by atoms with Gasteiger partial charge in [-0.05, 0) is 23.5 Å². The van der Waals surface area contributed by atoms with Gasteiger partial charge in [0.2, 0.25) is 6.29 Å². The summed E-state index contributed by atoms with van der Waals surface area (Å²) in [5.41, 5.74) is 2.92. The Morgan fingerprint density at radius 2 is 2.06 bits per heavy atom. The van der Waals surface area contributed by atoms with Gasteiger partial charge in [-0.1, -0.05) is 32.9 Å². The Balaban J connectivity index is 2.03. The maximum atomic E-state index is 5.78. The molecule has 2 heterocycles. The molecule has 0 spiro atoms. The smallest absolute Gasteiger partial charge is 0.206 e. The molecule has 0 N–H and O–H groups in total. The fraction of sp³-hybridized carbons (Fsp3) is 0.571. The van der Waals surface area contributed by atoms with E-state index in [0.29, 0.717) is 5.92 Å². The Kier molecular flexibility index (Phi) is 2.05. The van der Waals surface area contributed by atoms with Crippen molar-refractivity contribution < 1.29 is 9.47 Å². The van der Waals surface area contributed by atoms with Crippen molar-refractivity contribution in [2.45, 2.75) is 44.8 Å². The van der Waals surface area contributed by atoms with Crippen LogP contribution < -0.4 is 4.74 Å². The fourth-order valence-electron chi connectivity index (χ4n) is 2.52. The van der Waals surface area contributed by atoms with Gasteiger partial charge >= 0.3 is 0 Å². The number of rotatable bonds is 0. The van der Waals surface area contributed by atoms with Crippen molar-refractivity contribution in [3.63, 3.8) is 0 Å². The molecule has 1 aromatic rings. The topological polar surface area (TPSA) is 18.5 Å². The molecule has 0 amide bonds. The lowest BCUT2D eigenvalue weighted by atomic mass is 9.84. The molecule has 0 bridgehead atoms. The van der Waals surface area contributed by atoms with Crippen LogP contribution in [0.4, 0.5) is 0 Å². The number of ether oxygens (including phenoxy) is 2. The molecule has 2 heteroatoms. The second kappa shape index (κ2) is 3.24. The first-order chi connectivity index (χ1) is 7.55. The molecular formula is C14H18O2. The number of fused-ring (bicyclic) bond motifs is 3. The molecule has 2 nitrogen and oxygen atoms in total. The number of hydrogen-bond acceptors (Lipinski definition) is 2. The van der Waals surface area contributed by atoms with E-state index in [4.69, 9.17) is 9.47 Å². The van der Waals surface area contributed by atoms with E-state index in [-0.39, 0.29) is 11.7 Å². The van der Waals surface area contributed by atoms with E-state index in [1.165, 1.54) is 11.1 Å². The van der Waals surface area contributed by atoms with Crippen LogP contribution in [0, 0.1) is 0 Å². The maximum absolute atomic E-state index is 5.78. The third kappa shape index (κ3) is 1.44. The summed E-state index contributed by atoms with van der Waals surface area (Å²) in [6.07, 6.45) is 1.07. The molecule has 2 aliphatic rings. The highest BCUT2D eigenvalue weighted by Crippen LogP contribution is 2.45. The van der Waals surface area contributed by atoms with Gasteiger partial charge in [-0.15, -0.1) is 0 Å². The van der Waals surface area contributed by atoms with E-state index >= 15 is 0 Å². The van der Waals surface area contributed by atoms with Crippen molar-refractivity contribution in [3.05, 3.63) is 29.3 Å². The zero-order valence-electron chi connectivity index (χ0n) is 10.1. The number of hydrogen-bond donors (Lipinski definition) is 0. The van der Waals surface area contributed by atoms with Gasteiger partial charge in [-0.25, -0.2) is 0 Å². The largest absolute Gasteiger partial charge is 0.464 e. The van der Waals surface area contributed by atoms with Crippen LogP contribution in [0.2, 0.25) is 0 Å². The van der Waals surface area contributed by atoms with Crippen molar-refractivity contribution >= 4 is 0 Å². The third-order valence-corrected chi connectivity index (χ3v) is 3.56. The Labute approximate surface area is 96.6 Å². The Morgan fingerprint density at radius 1 is 1.25 bits per heavy atom. The van der Waals surface area contributed by atoms with Crippen LogP contribution in [-0.2, 0) is 10.2 Å². The predicted octanol–water partition coefficient (Wildman–Crippen LogP) is 3.21. The van der Waals surface area contributed by atoms with E-state index in [1.54, 1.807) is 0 Å². The normalized spacial score (nSPS) is 27.4. The minimum absolute atomic E-state index is 0.0229. The van der Waals surface area contributed by atoms with E-state index < -0.39 is 0 Å². The molecule has 0 aliphatic carbocycles. The molecule has 0 radical (unpaired) electrons. The van der Waals surface area contributed by atoms with Crippen LogP contribution in [0.3, 0.4) is 0 Å². The van der Waals surface area contributed by atoms with E-state index in [1.807, 2.05) is 0 Å². The van der Waals surface area contributed by atoms with Crippen molar-refractivity contribution in [2.75, 3.05) is 6.61 Å². The lowest BCUT2D eigenvalue weighted by molar-refractivity contribution is -0.0337. The zero-order chi connectivity index (χ0) is 11.3. The minimum atomic E-state index is -0.0229. The van der Waals surface area contributed by atoms with Gasteiger partial charge in [0.25, 0.3) is 0 Å². The molecule has 16 heavy (non-hydrogen) atoms. The fourth-order valence-corrected chi connectivity index (χ4v) is 2.52. The Bertz CT molecular complexity index is 417. The van der Waals surface area contributed by atoms with Crippen molar-refractivity contribution in [1.29, 1.82) is 0 Å². The second-order valence-electron chi connectivity index (χ2n) is 5.75. The summed E-state index contributed by atoms with van der Waals surface area (Å²) in [6, 6.07) is 6.56. The van der Waals surface area contributed by atoms with Crippen molar-refractivity contribution in [1.82, 2.24) is 0 Å². The summed E-state index contributed by atoms with van der Waals surface area (Å²) in [6.45, 7) is 7.56. The first kappa shape index (κ1) is 10.2. The SMILES string of the molecule is CC(C)(C)c1ccc2c(c1)[C@H]1CCO[C@H]1O2. The van der Waals surface area contributed by atoms with Crippen molar-refractivity contribution in [3.8, 4) is 5.75 Å². The molecule has 1 aromatic carbocycles. The summed E-state index contributed by atoms with van der Waals surface area (Å²) >= 11 is 0. The molecule has 1 fully saturated rings. The van der Waals surface area contributed by atoms with Gasteiger partial charge in [-0.2, -0.15) is 0 Å². The zero-order valence-corrected chi connectivity index (χ0v) is 10.1. The molecular weight excluding hydrogens is 200 g/mol. The van der Waals surface area contributed by atoms with Gasteiger partial charge in [0, 0.05) is 5.56 Å². The standard InChI is InChI=1S/C14H18O2/c1-14(2,3)9-4-5-12-11(8-9)10-6-7-15-13(10)16-12/h4-5,8,10,13H,6-7H2,1-3H3/t10-,13+/m1/s1. The average Bonchev–Trinajstić information content (AvgIpc) is 2.74. The van der Waals surface area contributed by atoms with Gasteiger partial charge < -0.3 is 9.47 Å². The summed E-state index contributed by atoms with van der Waals surface area (Å²) in [5.74, 6) is 1.47. The van der Waals surface area contributed by atoms with Crippen LogP contribution >= 0.6 is 0 Å². The van der Waals surface area contributed by atoms with Gasteiger partial charge in [0.15, 0.2) is 0 Å². The van der Waals surface area contributed by atoms with Crippen LogP contribution in [0.25, 0.3) is 0 Å². The lowest BCUT2D eigenvalue weighted by Gasteiger charge is -2.20. The second-order valence-corrected chi connectivity index (χ2v) is 5.75. The van der Waals surface area contributed by atoms with E-state index in [2.05, 4.69) is 39.0 Å². The van der Waals surface area contributed by atoms with Crippen molar-refractivity contribution in [2.24, 2.45) is 0 Å². The van der Waals surface area contributed by atoms with Gasteiger partial charge in [-0.3, -0.25) is 0 Å². The number of benzene rings is 1. The molecule has 1 saturated heterocycles. The molecule has 0 unspecified atom stereocenters. The van der Waals surface area contributed by atoms with Crippen LogP contribution in [-0.4, -0.2) is 12.9 Å². The first-order valence-corrected chi connectivity index (χ1v) is 5.98. The summed E-state index contributed by atoms with van der Waals surface area (Å²) < 4.78 is 11.3. The highest BCUT2D eigenvalue weighted by Gasteiger charge is 2.39. The van der Waals surface area contributed by atoms with E-state index in [0.717, 1.165) is 18.8 Å². The van der Waals surface area contributed by atoms with E-state index in [9.17, 15) is 0 Å². The first-order valence-electron chi connectivity index (χ1n) is 5.98. The summed E-state index contributed by atoms with van der Waals surface area (Å²) in [5, 5.41) is 0. The predicted molar refractivity (Wildman–Crippen MR) is 62.9 cm³/mol. The van der Waals surface area contributed by atoms with Gasteiger partial charge in [0.05, 0.1) is 12.5 Å². The van der Waals surface area contributed by atoms with Crippen LogP contribution in [0.15, 0.2) is 18.2 Å². The lowest BCUT2D eigenvalue weighted by Crippen LogP contribution is -2.13. The molecule has 2 atom stereocenters. The molecule has 2 aliphatic heterocycles. The molecule has 0 aromatic heterocycles.